The van der Waals surface area contributed by atoms with Crippen LogP contribution in [0.2, 0.25) is 0 Å². The van der Waals surface area contributed by atoms with E-state index in [0.717, 1.165) is 12.3 Å². The topological polar surface area (TPSA) is 44.5 Å². The van der Waals surface area contributed by atoms with Crippen LogP contribution in [0.5, 0.6) is 0 Å². The van der Waals surface area contributed by atoms with E-state index in [0.29, 0.717) is 17.3 Å². The lowest BCUT2D eigenvalue weighted by atomic mass is 9.43. The van der Waals surface area contributed by atoms with Crippen LogP contribution in [0.1, 0.15) is 47.5 Å². The molecule has 102 valence electrons. The van der Waals surface area contributed by atoms with Crippen LogP contribution in [-0.2, 0) is 9.31 Å². The van der Waals surface area contributed by atoms with Gasteiger partial charge in [0.1, 0.15) is 0 Å². The first kappa shape index (κ1) is 13.0. The minimum atomic E-state index is -0.213. The summed E-state index contributed by atoms with van der Waals surface area (Å²) in [5, 5.41) is 0. The second kappa shape index (κ2) is 3.74. The molecule has 0 radical (unpaired) electrons. The molecular formula is C14H26BNO2. The Bertz CT molecular complexity index is 360. The van der Waals surface area contributed by atoms with Gasteiger partial charge in [0.15, 0.2) is 0 Å². The van der Waals surface area contributed by atoms with Crippen LogP contribution in [0, 0.1) is 23.2 Å². The quantitative estimate of drug-likeness (QED) is 0.765. The Morgan fingerprint density at radius 3 is 2.44 bits per heavy atom. The fraction of sp³-hybridized carbons (Fsp3) is 1.00. The fourth-order valence-electron chi connectivity index (χ4n) is 4.38. The molecule has 1 heterocycles. The van der Waals surface area contributed by atoms with Crippen LogP contribution in [0.25, 0.3) is 0 Å². The molecule has 0 aromatic carbocycles. The molecule has 1 aliphatic heterocycles. The summed E-state index contributed by atoms with van der Waals surface area (Å²) in [5.41, 5.74) is 6.50. The van der Waals surface area contributed by atoms with E-state index in [1.165, 1.54) is 6.42 Å². The molecule has 1 saturated heterocycles. The average molecular weight is 251 g/mol. The van der Waals surface area contributed by atoms with Crippen molar-refractivity contribution in [2.75, 3.05) is 0 Å². The van der Waals surface area contributed by atoms with E-state index < -0.39 is 0 Å². The maximum Gasteiger partial charge on any atom is 0.475 e. The Labute approximate surface area is 111 Å². The summed E-state index contributed by atoms with van der Waals surface area (Å²) in [5.74, 6) is 1.80. The summed E-state index contributed by atoms with van der Waals surface area (Å²) in [6.45, 7) is 11.3. The van der Waals surface area contributed by atoms with Crippen molar-refractivity contribution in [1.29, 1.82) is 0 Å². The van der Waals surface area contributed by atoms with Crippen molar-refractivity contribution in [3.05, 3.63) is 0 Å². The highest BCUT2D eigenvalue weighted by Gasteiger charge is 2.68. The first-order valence-corrected chi connectivity index (χ1v) is 7.35. The average Bonchev–Trinajstić information content (AvgIpc) is 2.63. The van der Waals surface area contributed by atoms with Crippen LogP contribution < -0.4 is 5.73 Å². The molecule has 18 heavy (non-hydrogen) atoms. The van der Waals surface area contributed by atoms with E-state index in [1.807, 2.05) is 0 Å². The molecule has 2 N–H and O–H groups in total. The van der Waals surface area contributed by atoms with E-state index >= 15 is 0 Å². The van der Waals surface area contributed by atoms with Gasteiger partial charge in [-0.1, -0.05) is 27.7 Å². The Morgan fingerprint density at radius 1 is 1.22 bits per heavy atom. The third-order valence-electron chi connectivity index (χ3n) is 6.05. The van der Waals surface area contributed by atoms with Crippen LogP contribution in [0.15, 0.2) is 0 Å². The molecule has 5 atom stereocenters. The highest BCUT2D eigenvalue weighted by molar-refractivity contribution is 6.47. The van der Waals surface area contributed by atoms with Crippen LogP contribution in [-0.4, -0.2) is 24.8 Å². The Hall–Kier alpha value is -0.0551. The summed E-state index contributed by atoms with van der Waals surface area (Å²) < 4.78 is 12.5. The van der Waals surface area contributed by atoms with Crippen LogP contribution >= 0.6 is 0 Å². The van der Waals surface area contributed by atoms with Gasteiger partial charge in [0.05, 0.1) is 11.7 Å². The van der Waals surface area contributed by atoms with Crippen molar-refractivity contribution in [1.82, 2.24) is 0 Å². The van der Waals surface area contributed by atoms with Crippen molar-refractivity contribution in [2.24, 2.45) is 28.9 Å². The van der Waals surface area contributed by atoms with E-state index in [9.17, 15) is 0 Å². The Morgan fingerprint density at radius 2 is 1.89 bits per heavy atom. The van der Waals surface area contributed by atoms with Crippen molar-refractivity contribution in [3.63, 3.8) is 0 Å². The fourth-order valence-corrected chi connectivity index (χ4v) is 4.38. The second-order valence-electron chi connectivity index (χ2n) is 7.66. The number of hydrogen-bond acceptors (Lipinski definition) is 3. The molecule has 2 unspecified atom stereocenters. The second-order valence-corrected chi connectivity index (χ2v) is 7.66. The highest BCUT2D eigenvalue weighted by atomic mass is 16.7. The molecular weight excluding hydrogens is 225 g/mol. The maximum atomic E-state index is 6.31. The lowest BCUT2D eigenvalue weighted by Crippen LogP contribution is -2.65. The van der Waals surface area contributed by atoms with Crippen LogP contribution in [0.4, 0.5) is 0 Å². The molecule has 2 bridgehead atoms. The zero-order chi connectivity index (χ0) is 13.3. The monoisotopic (exact) mass is 251 g/mol. The number of hydrogen-bond donors (Lipinski definition) is 1. The summed E-state index contributed by atoms with van der Waals surface area (Å²) >= 11 is 0. The predicted octanol–water partition coefficient (Wildman–Crippen LogP) is 2.24. The third kappa shape index (κ3) is 1.49. The van der Waals surface area contributed by atoms with Gasteiger partial charge in [-0.05, 0) is 42.9 Å². The summed E-state index contributed by atoms with van der Waals surface area (Å²) in [7, 11) is -0.213. The molecule has 4 rings (SSSR count). The van der Waals surface area contributed by atoms with Gasteiger partial charge < -0.3 is 15.0 Å². The summed E-state index contributed by atoms with van der Waals surface area (Å²) in [6, 6.07) is 0. The van der Waals surface area contributed by atoms with Crippen molar-refractivity contribution in [2.45, 2.75) is 65.1 Å². The van der Waals surface area contributed by atoms with Gasteiger partial charge in [-0.25, -0.2) is 0 Å². The van der Waals surface area contributed by atoms with Crippen LogP contribution in [0.3, 0.4) is 0 Å². The molecule has 4 heteroatoms. The molecule has 3 nitrogen and oxygen atoms in total. The SMILES string of the molecule is CC(C)[C@@H](N)B1O[C@@H]2CC3CC(C3(C)C)[C@]2(C)O1. The van der Waals surface area contributed by atoms with Gasteiger partial charge in [0.2, 0.25) is 0 Å². The van der Waals surface area contributed by atoms with E-state index in [4.69, 9.17) is 15.0 Å². The zero-order valence-electron chi connectivity index (χ0n) is 12.3. The largest absolute Gasteiger partial charge is 0.475 e. The lowest BCUT2D eigenvalue weighted by molar-refractivity contribution is -0.199. The molecule has 0 aromatic rings. The zero-order valence-corrected chi connectivity index (χ0v) is 12.3. The summed E-state index contributed by atoms with van der Waals surface area (Å²) in [4.78, 5) is 0. The predicted molar refractivity (Wildman–Crippen MR) is 72.9 cm³/mol. The van der Waals surface area contributed by atoms with Gasteiger partial charge in [-0.15, -0.1) is 0 Å². The summed E-state index contributed by atoms with van der Waals surface area (Å²) in [6.07, 6.45) is 2.69. The number of nitrogens with two attached hydrogens (primary N) is 1. The maximum absolute atomic E-state index is 6.31. The first-order chi connectivity index (χ1) is 8.26. The molecule has 4 fully saturated rings. The molecule has 3 saturated carbocycles. The van der Waals surface area contributed by atoms with E-state index in [-0.39, 0.29) is 24.8 Å². The normalized spacial score (nSPS) is 46.8. The lowest BCUT2D eigenvalue weighted by Gasteiger charge is -2.64. The highest BCUT2D eigenvalue weighted by Crippen LogP contribution is 2.65. The third-order valence-corrected chi connectivity index (χ3v) is 6.05. The minimum absolute atomic E-state index is 0.0206. The van der Waals surface area contributed by atoms with Gasteiger partial charge in [-0.3, -0.25) is 0 Å². The smallest absolute Gasteiger partial charge is 0.404 e. The van der Waals surface area contributed by atoms with Crippen molar-refractivity contribution < 1.29 is 9.31 Å². The first-order valence-electron chi connectivity index (χ1n) is 7.35. The molecule has 4 aliphatic rings. The Balaban J connectivity index is 1.81. The minimum Gasteiger partial charge on any atom is -0.404 e. The number of rotatable bonds is 2. The van der Waals surface area contributed by atoms with Crippen molar-refractivity contribution in [3.8, 4) is 0 Å². The van der Waals surface area contributed by atoms with Gasteiger partial charge in [0.25, 0.3) is 0 Å². The van der Waals surface area contributed by atoms with Gasteiger partial charge in [-0.2, -0.15) is 0 Å². The van der Waals surface area contributed by atoms with E-state index in [1.54, 1.807) is 0 Å². The molecule has 0 spiro atoms. The molecule has 0 amide bonds. The molecule has 0 aromatic heterocycles. The standard InChI is InChI=1S/C14H26BNO2/c1-8(2)12(16)15-17-11-7-9-6-10(13(9,3)4)14(11,5)18-15/h8-12H,6-7,16H2,1-5H3/t9?,10?,11-,12-,14+/m1/s1. The molecule has 3 aliphatic carbocycles. The van der Waals surface area contributed by atoms with Gasteiger partial charge >= 0.3 is 7.12 Å². The van der Waals surface area contributed by atoms with Crippen molar-refractivity contribution >= 4 is 7.12 Å². The van der Waals surface area contributed by atoms with E-state index in [2.05, 4.69) is 34.6 Å². The Kier molecular flexibility index (Phi) is 2.69. The van der Waals surface area contributed by atoms with Gasteiger partial charge in [0, 0.05) is 5.94 Å².